The Morgan fingerprint density at radius 3 is 1.44 bits per heavy atom. The van der Waals surface area contributed by atoms with Gasteiger partial charge < -0.3 is 88.9 Å². The minimum Gasteiger partial charge on any atom is -0.508 e. The molecule has 0 spiro atoms. The van der Waals surface area contributed by atoms with Crippen molar-refractivity contribution in [3.8, 4) is 11.5 Å². The van der Waals surface area contributed by atoms with Crippen molar-refractivity contribution < 1.29 is 142 Å². The average Bonchev–Trinajstić information content (AvgIpc) is 0.799. The molecule has 38 nitrogen and oxygen atoms in total. The fourth-order valence-corrected chi connectivity index (χ4v) is 16.9. The Bertz CT molecular complexity index is 4810. The van der Waals surface area contributed by atoms with Crippen molar-refractivity contribution >= 4 is 129 Å². The number of carbonyl (C=O) groups excluding carboxylic acids is 17. The Morgan fingerprint density at radius 2 is 0.913 bits per heavy atom. The molecule has 0 saturated carbocycles. The number of aliphatic hydroxyl groups excluding tert-OH is 4. The van der Waals surface area contributed by atoms with Crippen LogP contribution in [0.15, 0.2) is 109 Å². The van der Waals surface area contributed by atoms with Crippen LogP contribution in [0.25, 0.3) is 0 Å². The number of carboxylic acids is 3. The van der Waals surface area contributed by atoms with Crippen LogP contribution in [0.4, 0.5) is 0 Å². The van der Waals surface area contributed by atoms with Gasteiger partial charge in [-0.1, -0.05) is 125 Å². The molecule has 756 valence electrons. The molecule has 4 aromatic rings. The van der Waals surface area contributed by atoms with Gasteiger partial charge in [-0.15, -0.1) is 11.8 Å². The molecule has 17 atom stereocenters. The van der Waals surface area contributed by atoms with Gasteiger partial charge in [0, 0.05) is 88.6 Å². The van der Waals surface area contributed by atoms with E-state index in [0.717, 1.165) is 36.1 Å². The quantitative estimate of drug-likeness (QED) is 0.0219. The van der Waals surface area contributed by atoms with E-state index in [0.29, 0.717) is 43.4 Å². The lowest BCUT2D eigenvalue weighted by Crippen LogP contribution is -2.52. The molecule has 1 fully saturated rings. The summed E-state index contributed by atoms with van der Waals surface area (Å²) in [5.41, 5.74) is 7.54. The number of carbonyl (C=O) groups is 20. The zero-order valence-corrected chi connectivity index (χ0v) is 79.9. The summed E-state index contributed by atoms with van der Waals surface area (Å²) >= 11 is 0.940. The highest BCUT2D eigenvalue weighted by Crippen LogP contribution is 2.31. The number of phenols is 2. The molecule has 4 aromatic carbocycles. The molecule has 1 aliphatic rings. The normalized spacial score (nSPS) is 16.1. The first kappa shape index (κ1) is 116. The molecule has 1 heterocycles. The maximum absolute atomic E-state index is 14.9. The third kappa shape index (κ3) is 40.9. The van der Waals surface area contributed by atoms with E-state index >= 15 is 0 Å². The fraction of sp³-hybridized carbons (Fsp3) is 0.556. The zero-order valence-electron chi connectivity index (χ0n) is 79.1. The number of nitrogens with one attached hydrogen (secondary N) is 7. The minimum absolute atomic E-state index is 0.0121. The number of imide groups is 1. The maximum atomic E-state index is 14.9. The van der Waals surface area contributed by atoms with Crippen LogP contribution in [0.2, 0.25) is 0 Å². The van der Waals surface area contributed by atoms with Crippen molar-refractivity contribution in [2.24, 2.45) is 59.0 Å². The van der Waals surface area contributed by atoms with Gasteiger partial charge in [-0.05, 0) is 143 Å². The van der Waals surface area contributed by atoms with Crippen LogP contribution < -0.4 is 43.0 Å². The summed E-state index contributed by atoms with van der Waals surface area (Å²) in [7, 11) is 0. The van der Waals surface area contributed by atoms with E-state index < -0.39 is 292 Å². The summed E-state index contributed by atoms with van der Waals surface area (Å²) in [6, 6.07) is 19.4. The van der Waals surface area contributed by atoms with E-state index in [4.69, 9.17) is 5.73 Å². The number of hydrogen-bond donors (Lipinski definition) is 17. The predicted octanol–water partition coefficient (Wildman–Crippen LogP) is 4.00. The number of aliphatic carboxylic acids is 3. The third-order valence-electron chi connectivity index (χ3n) is 24.3. The van der Waals surface area contributed by atoms with Gasteiger partial charge in [-0.2, -0.15) is 0 Å². The Kier molecular flexibility index (Phi) is 50.5. The minimum atomic E-state index is -2.00. The molecule has 18 N–H and O–H groups in total. The van der Waals surface area contributed by atoms with Gasteiger partial charge in [0.2, 0.25) is 53.2 Å². The number of aromatic hydroxyl groups is 2. The second kappa shape index (κ2) is 59.9. The number of Topliss-reactive ketones (excluding diaryl/α,β-unsaturated/α-hetero) is 8. The van der Waals surface area contributed by atoms with Gasteiger partial charge in [0.25, 0.3) is 0 Å². The number of likely N-dealkylation sites (tertiary alicyclic amines) is 1. The van der Waals surface area contributed by atoms with E-state index in [-0.39, 0.29) is 110 Å². The van der Waals surface area contributed by atoms with Crippen LogP contribution in [0.1, 0.15) is 205 Å². The first-order valence-corrected chi connectivity index (χ1v) is 47.8. The van der Waals surface area contributed by atoms with Crippen molar-refractivity contribution in [2.75, 3.05) is 44.4 Å². The van der Waals surface area contributed by atoms with Crippen LogP contribution in [0.5, 0.6) is 11.5 Å². The Labute approximate surface area is 805 Å². The lowest BCUT2D eigenvalue weighted by atomic mass is 9.85. The highest BCUT2D eigenvalue weighted by molar-refractivity contribution is 8.00. The number of piperidine rings is 1. The molecule has 1 aliphatic heterocycles. The zero-order chi connectivity index (χ0) is 103. The molecule has 0 bridgehead atoms. The highest BCUT2D eigenvalue weighted by atomic mass is 32.2. The first-order chi connectivity index (χ1) is 65.3. The molecule has 1 unspecified atom stereocenters. The molecule has 1 saturated heterocycles. The lowest BCUT2D eigenvalue weighted by molar-refractivity contribution is -0.150. The van der Waals surface area contributed by atoms with Crippen LogP contribution in [-0.2, 0) is 115 Å². The van der Waals surface area contributed by atoms with Crippen LogP contribution >= 0.6 is 11.8 Å². The Hall–Kier alpha value is -12.2. The summed E-state index contributed by atoms with van der Waals surface area (Å²) in [6.45, 7) is 8.14. The highest BCUT2D eigenvalue weighted by Gasteiger charge is 2.42. The number of aliphatic hydroxyl groups is 4. The molecular weight excluding hydrogens is 1810 g/mol. The van der Waals surface area contributed by atoms with Crippen molar-refractivity contribution in [1.29, 1.82) is 0 Å². The van der Waals surface area contributed by atoms with Crippen molar-refractivity contribution in [3.05, 3.63) is 131 Å². The molecule has 0 aliphatic carbocycles. The fourth-order valence-electron chi connectivity index (χ4n) is 16.0. The molecule has 39 heteroatoms. The molecule has 0 radical (unpaired) electrons. The van der Waals surface area contributed by atoms with Gasteiger partial charge in [0.15, 0.2) is 34.7 Å². The Morgan fingerprint density at radius 1 is 0.442 bits per heavy atom. The van der Waals surface area contributed by atoms with E-state index in [9.17, 15) is 142 Å². The lowest BCUT2D eigenvalue weighted by Gasteiger charge is -2.31. The summed E-state index contributed by atoms with van der Waals surface area (Å²) in [6.07, 6.45) is -9.62. The number of amides is 9. The number of unbranched alkanes of at least 4 members (excludes halogenated alkanes) is 1. The monoisotopic (exact) mass is 1950 g/mol. The van der Waals surface area contributed by atoms with Gasteiger partial charge in [0.05, 0.1) is 116 Å². The SMILES string of the molecule is CC[C@H](C)[C@H](NC(=O)[C@H](CO)CC(=O)[C@H](Cc1ccc(O)cc1)NC(=O)[C@H](CC(=O)O)CC(=O)[C@H](CO)NC(=O)[C@@H](CC(=O)[C@H](Cc1ccccc1)NC(=O)[C@@H](CC(=O)CNC(=O)[C@H](CCC(=O)O)CC(=O)CSCC(=O)CCCN1C(=O)CCC(c2ccccc2)C1=O)[C@@H](C)O)[C@@H](C)O)C(=O)C[C@@H](Cc1ccc(O)cc1)C(=O)N[C@@H](CC(C)C)C(=O)C[C@@H](CC(=O)O)C(=O)N[C@H](C)CCCCN. The number of thioether (sulfide) groups is 1. The van der Waals surface area contributed by atoms with Crippen molar-refractivity contribution in [3.63, 3.8) is 0 Å². The average molecular weight is 1950 g/mol. The molecule has 9 amide bonds. The van der Waals surface area contributed by atoms with Gasteiger partial charge in [-0.25, -0.2) is 0 Å². The summed E-state index contributed by atoms with van der Waals surface area (Å²) in [4.78, 5) is 276. The topological polar surface area (TPSA) is 637 Å². The van der Waals surface area contributed by atoms with Crippen molar-refractivity contribution in [2.45, 2.75) is 251 Å². The standard InChI is InChI=1S/C99H135N9O29S/c1-8-57(4)91(86(122)45-66(39-62-24-29-70(113)30-25-62)94(132)103-78(38-56(2)3)82(118)43-67(47-89(126)127)93(131)102-58(5)18-15-16-36-100)107-96(134)69(52-109)46-83(119)79(41-63-26-31-71(114)32-27-63)104-95(133)68(48-90(128)129)44-84(120)81(53-110)106-98(136)77(60(7)112)50-85(121)80(40-61-19-11-9-12-20-61)105-97(135)76(59(6)111)49-73(116)51-101-92(130)65(28-35-88(124)125)42-74(117)55-138-54-72(115)23-17-37-108-87(123)34-33-75(99(108)137)64-21-13-10-14-22-64/h9-14,19-22,24-27,29-32,56-60,65-69,75-81,91,109-114H,8,15-18,23,28,33-55,100H2,1-7H3,(H,101,130)(H,102,131)(H,103,132)(H,104,133)(H,105,135)(H,106,136)(H,107,134)(H,124,125)(H,126,127)(H,128,129)/t57-,58+,59+,60+,65+,66+,67-,68-,69-,75?,76-,77-,78-,79-,80-,81-,91-/m0/s1. The van der Waals surface area contributed by atoms with E-state index in [1.165, 1.54) is 48.5 Å². The van der Waals surface area contributed by atoms with E-state index in [2.05, 4.69) is 37.2 Å². The number of rotatable bonds is 68. The number of carboxylic acid groups (broad SMARTS) is 3. The predicted molar refractivity (Wildman–Crippen MR) is 503 cm³/mol. The summed E-state index contributed by atoms with van der Waals surface area (Å²) in [5, 5.41) is 111. The van der Waals surface area contributed by atoms with Crippen LogP contribution in [0, 0.1) is 53.3 Å². The van der Waals surface area contributed by atoms with E-state index in [1.54, 1.807) is 89.2 Å². The number of hydrogen-bond acceptors (Lipinski definition) is 28. The number of phenolic OH excluding ortho intramolecular Hbond substituents is 2. The maximum Gasteiger partial charge on any atom is 0.304 e. The smallest absolute Gasteiger partial charge is 0.304 e. The first-order valence-electron chi connectivity index (χ1n) is 46.6. The second-order valence-corrected chi connectivity index (χ2v) is 37.1. The number of nitrogens with zero attached hydrogens (tertiary/aromatic N) is 1. The number of benzene rings is 4. The van der Waals surface area contributed by atoms with Crippen molar-refractivity contribution in [1.82, 2.24) is 42.1 Å². The number of ketones is 8. The molecule has 0 aromatic heterocycles. The molecular formula is C99H135N9O29S. The molecule has 5 rings (SSSR count). The molecule has 138 heavy (non-hydrogen) atoms. The Balaban J connectivity index is 1.27. The van der Waals surface area contributed by atoms with Crippen LogP contribution in [-0.4, -0.2) is 261 Å². The summed E-state index contributed by atoms with van der Waals surface area (Å²) < 4.78 is 0. The largest absolute Gasteiger partial charge is 0.508 e. The van der Waals surface area contributed by atoms with Crippen LogP contribution in [0.3, 0.4) is 0 Å². The summed E-state index contributed by atoms with van der Waals surface area (Å²) in [5.74, 6) is -31.5. The van der Waals surface area contributed by atoms with Gasteiger partial charge in [0.1, 0.15) is 29.1 Å². The third-order valence-corrected chi connectivity index (χ3v) is 25.3. The number of nitrogens with two attached hydrogens (primary N) is 1. The van der Waals surface area contributed by atoms with Gasteiger partial charge in [-0.3, -0.25) is 101 Å². The van der Waals surface area contributed by atoms with Gasteiger partial charge >= 0.3 is 17.9 Å². The second-order valence-electron chi connectivity index (χ2n) is 36.1. The van der Waals surface area contributed by atoms with E-state index in [1.807, 2.05) is 6.07 Å².